The molecule has 1 saturated carbocycles. The third-order valence-corrected chi connectivity index (χ3v) is 6.45. The fourth-order valence-corrected chi connectivity index (χ4v) is 4.48. The van der Waals surface area contributed by atoms with Gasteiger partial charge in [0.05, 0.1) is 31.1 Å². The molecular formula is C19H31NO3S. The molecule has 2 aliphatic rings. The van der Waals surface area contributed by atoms with E-state index in [0.717, 1.165) is 11.6 Å². The smallest absolute Gasteiger partial charge is 0.124 e. The van der Waals surface area contributed by atoms with Crippen molar-refractivity contribution < 1.29 is 17.5 Å². The van der Waals surface area contributed by atoms with Gasteiger partial charge in [-0.25, -0.2) is 8.42 Å². The van der Waals surface area contributed by atoms with E-state index in [4.69, 9.17) is 0 Å². The van der Waals surface area contributed by atoms with Gasteiger partial charge in [0.25, 0.3) is 0 Å². The SMILES string of the molecule is C[N+]1(C2CCCCC2)CCCCC1.Cc1ccc(S(=O)(=O)[O-])cc1. The van der Waals surface area contributed by atoms with Crippen LogP contribution < -0.4 is 0 Å². The molecule has 3 rings (SSSR count). The molecule has 0 aromatic heterocycles. The van der Waals surface area contributed by atoms with Crippen LogP contribution >= 0.6 is 0 Å². The highest BCUT2D eigenvalue weighted by atomic mass is 32.2. The lowest BCUT2D eigenvalue weighted by molar-refractivity contribution is -0.938. The highest BCUT2D eigenvalue weighted by Gasteiger charge is 2.34. The van der Waals surface area contributed by atoms with Gasteiger partial charge in [0.2, 0.25) is 0 Å². The summed E-state index contributed by atoms with van der Waals surface area (Å²) in [5, 5.41) is 0. The molecular weight excluding hydrogens is 322 g/mol. The second kappa shape index (κ2) is 8.45. The fourth-order valence-electron chi connectivity index (χ4n) is 4.01. The molecule has 0 unspecified atom stereocenters. The van der Waals surface area contributed by atoms with Gasteiger partial charge in [-0.3, -0.25) is 0 Å². The van der Waals surface area contributed by atoms with Crippen molar-refractivity contribution >= 4 is 10.1 Å². The van der Waals surface area contributed by atoms with E-state index in [1.165, 1.54) is 81.1 Å². The first kappa shape index (κ1) is 19.4. The summed E-state index contributed by atoms with van der Waals surface area (Å²) < 4.78 is 32.6. The largest absolute Gasteiger partial charge is 0.744 e. The maximum Gasteiger partial charge on any atom is 0.124 e. The monoisotopic (exact) mass is 353 g/mol. The quantitative estimate of drug-likeness (QED) is 0.599. The van der Waals surface area contributed by atoms with Crippen LogP contribution in [0.4, 0.5) is 0 Å². The molecule has 4 nitrogen and oxygen atoms in total. The van der Waals surface area contributed by atoms with Crippen LogP contribution in [0.15, 0.2) is 29.2 Å². The van der Waals surface area contributed by atoms with Crippen molar-refractivity contribution in [2.24, 2.45) is 0 Å². The molecule has 5 heteroatoms. The zero-order valence-electron chi connectivity index (χ0n) is 15.0. The number of piperidine rings is 1. The van der Waals surface area contributed by atoms with Crippen molar-refractivity contribution in [3.05, 3.63) is 29.8 Å². The summed E-state index contributed by atoms with van der Waals surface area (Å²) in [6, 6.07) is 6.80. The fraction of sp³-hybridized carbons (Fsp3) is 0.684. The van der Waals surface area contributed by atoms with Gasteiger partial charge < -0.3 is 9.04 Å². The van der Waals surface area contributed by atoms with E-state index in [0.29, 0.717) is 0 Å². The Bertz CT molecular complexity index is 598. The van der Waals surface area contributed by atoms with Gasteiger partial charge in [-0.2, -0.15) is 0 Å². The molecule has 0 radical (unpaired) electrons. The van der Waals surface area contributed by atoms with Crippen LogP contribution in [0.1, 0.15) is 56.9 Å². The van der Waals surface area contributed by atoms with E-state index >= 15 is 0 Å². The second-order valence-electron chi connectivity index (χ2n) is 7.55. The molecule has 1 aromatic rings. The van der Waals surface area contributed by atoms with Gasteiger partial charge in [-0.15, -0.1) is 0 Å². The number of rotatable bonds is 2. The molecule has 136 valence electrons. The normalized spacial score (nSPS) is 21.6. The molecule has 24 heavy (non-hydrogen) atoms. The average molecular weight is 354 g/mol. The van der Waals surface area contributed by atoms with Crippen molar-refractivity contribution in [3.63, 3.8) is 0 Å². The van der Waals surface area contributed by atoms with Crippen LogP contribution in [-0.4, -0.2) is 43.6 Å². The molecule has 0 amide bonds. The molecule has 0 N–H and O–H groups in total. The Balaban J connectivity index is 0.000000177. The van der Waals surface area contributed by atoms with Crippen LogP contribution in [0.5, 0.6) is 0 Å². The van der Waals surface area contributed by atoms with Crippen molar-refractivity contribution in [3.8, 4) is 0 Å². The predicted molar refractivity (Wildman–Crippen MR) is 95.8 cm³/mol. The first-order valence-corrected chi connectivity index (χ1v) is 10.6. The third-order valence-electron chi connectivity index (χ3n) is 5.60. The molecule has 0 spiro atoms. The summed E-state index contributed by atoms with van der Waals surface area (Å²) in [4.78, 5) is -0.178. The number of aryl methyl sites for hydroxylation is 1. The lowest BCUT2D eigenvalue weighted by Crippen LogP contribution is -2.55. The lowest BCUT2D eigenvalue weighted by Gasteiger charge is -2.45. The number of quaternary nitrogens is 1. The minimum absolute atomic E-state index is 0.178. The van der Waals surface area contributed by atoms with E-state index in [2.05, 4.69) is 7.05 Å². The van der Waals surface area contributed by atoms with Gasteiger partial charge >= 0.3 is 0 Å². The zero-order chi connectivity index (χ0) is 17.6. The third kappa shape index (κ3) is 5.57. The van der Waals surface area contributed by atoms with E-state index in [9.17, 15) is 13.0 Å². The Hall–Kier alpha value is -0.910. The summed E-state index contributed by atoms with van der Waals surface area (Å²) in [6.07, 6.45) is 12.0. The van der Waals surface area contributed by atoms with Crippen molar-refractivity contribution in [2.75, 3.05) is 20.1 Å². The minimum atomic E-state index is -4.27. The van der Waals surface area contributed by atoms with Crippen molar-refractivity contribution in [2.45, 2.75) is 69.2 Å². The Labute approximate surface area is 147 Å². The summed E-state index contributed by atoms with van der Waals surface area (Å²) >= 11 is 0. The number of benzene rings is 1. The number of nitrogens with zero attached hydrogens (tertiary/aromatic N) is 1. The van der Waals surface area contributed by atoms with Gasteiger partial charge in [0.15, 0.2) is 0 Å². The van der Waals surface area contributed by atoms with Crippen molar-refractivity contribution in [1.29, 1.82) is 0 Å². The van der Waals surface area contributed by atoms with Gasteiger partial charge in [-0.05, 0) is 64.0 Å². The van der Waals surface area contributed by atoms with Crippen LogP contribution in [0.2, 0.25) is 0 Å². The first-order chi connectivity index (χ1) is 11.3. The molecule has 1 aliphatic carbocycles. The summed E-state index contributed by atoms with van der Waals surface area (Å²) in [6.45, 7) is 4.75. The summed E-state index contributed by atoms with van der Waals surface area (Å²) in [5.74, 6) is 0. The average Bonchev–Trinajstić information content (AvgIpc) is 2.57. The lowest BCUT2D eigenvalue weighted by atomic mass is 9.91. The molecule has 0 bridgehead atoms. The first-order valence-electron chi connectivity index (χ1n) is 9.18. The second-order valence-corrected chi connectivity index (χ2v) is 8.93. The Kier molecular flexibility index (Phi) is 6.84. The van der Waals surface area contributed by atoms with Crippen LogP contribution in [0, 0.1) is 6.92 Å². The molecule has 2 fully saturated rings. The molecule has 1 aromatic carbocycles. The minimum Gasteiger partial charge on any atom is -0.744 e. The summed E-state index contributed by atoms with van der Waals surface area (Å²) in [5.41, 5.74) is 0.928. The Morgan fingerprint density at radius 2 is 1.42 bits per heavy atom. The van der Waals surface area contributed by atoms with Crippen LogP contribution in [0.3, 0.4) is 0 Å². The van der Waals surface area contributed by atoms with Crippen LogP contribution in [0.25, 0.3) is 0 Å². The highest BCUT2D eigenvalue weighted by Crippen LogP contribution is 2.30. The maximum absolute atomic E-state index is 10.4. The van der Waals surface area contributed by atoms with E-state index in [-0.39, 0.29) is 4.90 Å². The van der Waals surface area contributed by atoms with Gasteiger partial charge in [0, 0.05) is 0 Å². The Morgan fingerprint density at radius 3 is 1.92 bits per heavy atom. The molecule has 1 aliphatic heterocycles. The van der Waals surface area contributed by atoms with Crippen LogP contribution in [-0.2, 0) is 10.1 Å². The molecule has 1 saturated heterocycles. The number of likely N-dealkylation sites (tertiary alicyclic amines) is 1. The van der Waals surface area contributed by atoms with E-state index < -0.39 is 10.1 Å². The highest BCUT2D eigenvalue weighted by molar-refractivity contribution is 7.85. The zero-order valence-corrected chi connectivity index (χ0v) is 15.9. The molecule has 0 atom stereocenters. The van der Waals surface area contributed by atoms with E-state index in [1.54, 1.807) is 12.1 Å². The van der Waals surface area contributed by atoms with Gasteiger partial charge in [0.1, 0.15) is 10.1 Å². The van der Waals surface area contributed by atoms with Crippen molar-refractivity contribution in [1.82, 2.24) is 0 Å². The Morgan fingerprint density at radius 1 is 0.917 bits per heavy atom. The standard InChI is InChI=1S/C12H24N.C7H8O3S/c1-13(10-6-3-7-11-13)12-8-4-2-5-9-12;1-6-2-4-7(5-3-6)11(8,9)10/h12H,2-11H2,1H3;2-5H,1H3,(H,8,9,10)/q+1;/p-1. The number of hydrogen-bond acceptors (Lipinski definition) is 3. The van der Waals surface area contributed by atoms with Gasteiger partial charge in [-0.1, -0.05) is 24.1 Å². The molecule has 1 heterocycles. The summed E-state index contributed by atoms with van der Waals surface area (Å²) in [7, 11) is -1.76. The maximum atomic E-state index is 10.4. The van der Waals surface area contributed by atoms with E-state index in [1.807, 2.05) is 6.92 Å². The predicted octanol–water partition coefficient (Wildman–Crippen LogP) is 3.85. The number of hydrogen-bond donors (Lipinski definition) is 0. The topological polar surface area (TPSA) is 57.2 Å².